The van der Waals surface area contributed by atoms with Crippen molar-refractivity contribution in [3.8, 4) is 5.75 Å². The lowest BCUT2D eigenvalue weighted by molar-refractivity contribution is -0.0676. The molecule has 1 N–H and O–H groups in total. The van der Waals surface area contributed by atoms with Crippen molar-refractivity contribution in [2.24, 2.45) is 5.41 Å². The second kappa shape index (κ2) is 11.4. The zero-order chi connectivity index (χ0) is 28.4. The van der Waals surface area contributed by atoms with Gasteiger partial charge in [-0.15, -0.1) is 0 Å². The van der Waals surface area contributed by atoms with Crippen molar-refractivity contribution in [3.63, 3.8) is 0 Å². The molecule has 1 spiro atoms. The van der Waals surface area contributed by atoms with Crippen molar-refractivity contribution in [3.05, 3.63) is 99.9 Å². The van der Waals surface area contributed by atoms with E-state index in [4.69, 9.17) is 4.74 Å². The van der Waals surface area contributed by atoms with Crippen LogP contribution in [-0.4, -0.2) is 66.1 Å². The number of benzene rings is 3. The molecule has 0 saturated carbocycles. The van der Waals surface area contributed by atoms with E-state index in [-0.39, 0.29) is 17.6 Å². The van der Waals surface area contributed by atoms with Crippen LogP contribution < -0.4 is 4.74 Å². The van der Waals surface area contributed by atoms with Crippen LogP contribution in [0.1, 0.15) is 62.2 Å². The molecule has 2 heterocycles. The van der Waals surface area contributed by atoms with Gasteiger partial charge in [0.2, 0.25) is 0 Å². The standard InChI is InChI=1S/C33H37FN2O4/c1-22-16-28(29(40-3)17-23(22)2)32(39)36-13-10-30(37)33(21-36)11-14-35(15-12-33)31(38)26-8-4-6-24(19-26)18-25-7-5-9-27(34)20-25/h4-9,16-17,19-20,30,37H,10-15,18,21H2,1-3H3. The Hall–Kier alpha value is -3.71. The predicted molar refractivity (Wildman–Crippen MR) is 152 cm³/mol. The Morgan fingerprint density at radius 3 is 2.30 bits per heavy atom. The quantitative estimate of drug-likeness (QED) is 0.481. The molecule has 6 nitrogen and oxygen atoms in total. The topological polar surface area (TPSA) is 70.1 Å². The summed E-state index contributed by atoms with van der Waals surface area (Å²) >= 11 is 0. The summed E-state index contributed by atoms with van der Waals surface area (Å²) in [4.78, 5) is 30.7. The average Bonchev–Trinajstić information content (AvgIpc) is 2.95. The first-order valence-corrected chi connectivity index (χ1v) is 13.9. The summed E-state index contributed by atoms with van der Waals surface area (Å²) in [5, 5.41) is 11.1. The number of aliphatic hydroxyl groups excluding tert-OH is 1. The third-order valence-electron chi connectivity index (χ3n) is 8.74. The van der Waals surface area contributed by atoms with Gasteiger partial charge in [-0.1, -0.05) is 24.3 Å². The summed E-state index contributed by atoms with van der Waals surface area (Å²) in [7, 11) is 1.58. The average molecular weight is 545 g/mol. The molecule has 210 valence electrons. The molecule has 2 aliphatic heterocycles. The molecule has 1 atom stereocenters. The number of methoxy groups -OCH3 is 1. The number of carbonyl (C=O) groups excluding carboxylic acids is 2. The minimum atomic E-state index is -0.523. The lowest BCUT2D eigenvalue weighted by Crippen LogP contribution is -2.58. The van der Waals surface area contributed by atoms with Gasteiger partial charge >= 0.3 is 0 Å². The van der Waals surface area contributed by atoms with E-state index >= 15 is 0 Å². The summed E-state index contributed by atoms with van der Waals surface area (Å²) in [6, 6.07) is 17.8. The Morgan fingerprint density at radius 2 is 1.60 bits per heavy atom. The van der Waals surface area contributed by atoms with Crippen LogP contribution in [0.4, 0.5) is 4.39 Å². The van der Waals surface area contributed by atoms with Crippen LogP contribution in [0.2, 0.25) is 0 Å². The van der Waals surface area contributed by atoms with Crippen LogP contribution in [0.5, 0.6) is 5.75 Å². The number of carbonyl (C=O) groups is 2. The molecule has 1 unspecified atom stereocenters. The summed E-state index contributed by atoms with van der Waals surface area (Å²) in [6.45, 7) is 5.94. The summed E-state index contributed by atoms with van der Waals surface area (Å²) < 4.78 is 19.1. The molecule has 0 bridgehead atoms. The predicted octanol–water partition coefficient (Wildman–Crippen LogP) is 5.17. The number of likely N-dealkylation sites (tertiary alicyclic amines) is 2. The van der Waals surface area contributed by atoms with Crippen molar-refractivity contribution in [1.29, 1.82) is 0 Å². The number of piperidine rings is 2. The van der Waals surface area contributed by atoms with Crippen molar-refractivity contribution < 1.29 is 23.8 Å². The minimum Gasteiger partial charge on any atom is -0.496 e. The summed E-state index contributed by atoms with van der Waals surface area (Å²) in [5.41, 5.74) is 4.60. The fourth-order valence-electron chi connectivity index (χ4n) is 6.14. The van der Waals surface area contributed by atoms with E-state index in [0.29, 0.717) is 68.7 Å². The minimum absolute atomic E-state index is 0.0472. The number of rotatable bonds is 5. The van der Waals surface area contributed by atoms with E-state index in [2.05, 4.69) is 0 Å². The van der Waals surface area contributed by atoms with Crippen LogP contribution in [0.15, 0.2) is 60.7 Å². The first-order valence-electron chi connectivity index (χ1n) is 13.9. The van der Waals surface area contributed by atoms with E-state index in [0.717, 1.165) is 22.3 Å². The molecule has 2 fully saturated rings. The number of amides is 2. The highest BCUT2D eigenvalue weighted by Gasteiger charge is 2.46. The van der Waals surface area contributed by atoms with Crippen LogP contribution in [-0.2, 0) is 6.42 Å². The maximum Gasteiger partial charge on any atom is 0.257 e. The third-order valence-corrected chi connectivity index (χ3v) is 8.74. The molecule has 3 aromatic carbocycles. The Kier molecular flexibility index (Phi) is 7.95. The summed E-state index contributed by atoms with van der Waals surface area (Å²) in [6.07, 6.45) is 1.77. The molecule has 3 aromatic rings. The van der Waals surface area contributed by atoms with Gasteiger partial charge in [-0.05, 0) is 98.2 Å². The van der Waals surface area contributed by atoms with Crippen molar-refractivity contribution >= 4 is 11.8 Å². The normalized spacial score (nSPS) is 18.6. The van der Waals surface area contributed by atoms with E-state index in [9.17, 15) is 19.1 Å². The monoisotopic (exact) mass is 544 g/mol. The van der Waals surface area contributed by atoms with Crippen molar-refractivity contribution in [2.45, 2.75) is 45.6 Å². The van der Waals surface area contributed by atoms with Gasteiger partial charge in [0.25, 0.3) is 11.8 Å². The summed E-state index contributed by atoms with van der Waals surface area (Å²) in [5.74, 6) is 0.160. The fourth-order valence-corrected chi connectivity index (χ4v) is 6.14. The number of ether oxygens (including phenoxy) is 1. The Bertz CT molecular complexity index is 1410. The second-order valence-corrected chi connectivity index (χ2v) is 11.3. The highest BCUT2D eigenvalue weighted by molar-refractivity contribution is 5.97. The Labute approximate surface area is 235 Å². The molecule has 2 amide bonds. The third kappa shape index (κ3) is 5.61. The molecular weight excluding hydrogens is 507 g/mol. The van der Waals surface area contributed by atoms with Gasteiger partial charge in [0.05, 0.1) is 18.8 Å². The maximum atomic E-state index is 13.6. The number of aliphatic hydroxyl groups is 1. The zero-order valence-electron chi connectivity index (χ0n) is 23.5. The van der Waals surface area contributed by atoms with Gasteiger partial charge in [0.15, 0.2) is 0 Å². The first-order chi connectivity index (χ1) is 19.2. The smallest absolute Gasteiger partial charge is 0.257 e. The molecule has 5 rings (SSSR count). The zero-order valence-corrected chi connectivity index (χ0v) is 23.5. The van der Waals surface area contributed by atoms with Crippen LogP contribution >= 0.6 is 0 Å². The first kappa shape index (κ1) is 27.8. The number of hydrogen-bond donors (Lipinski definition) is 1. The molecule has 2 saturated heterocycles. The molecule has 2 aliphatic rings. The Balaban J connectivity index is 1.26. The molecule has 0 aromatic heterocycles. The van der Waals surface area contributed by atoms with Gasteiger partial charge in [-0.3, -0.25) is 9.59 Å². The van der Waals surface area contributed by atoms with Gasteiger partial charge in [-0.2, -0.15) is 0 Å². The van der Waals surface area contributed by atoms with Gasteiger partial charge in [0.1, 0.15) is 11.6 Å². The van der Waals surface area contributed by atoms with Gasteiger partial charge in [-0.25, -0.2) is 4.39 Å². The van der Waals surface area contributed by atoms with Crippen molar-refractivity contribution in [1.82, 2.24) is 9.80 Å². The number of nitrogens with zero attached hydrogens (tertiary/aromatic N) is 2. The van der Waals surface area contributed by atoms with Gasteiger partial charge < -0.3 is 19.6 Å². The number of aryl methyl sites for hydroxylation is 2. The van der Waals surface area contributed by atoms with E-state index in [1.165, 1.54) is 12.1 Å². The SMILES string of the molecule is COc1cc(C)c(C)cc1C(=O)N1CCC(O)C2(CCN(C(=O)c3cccc(Cc4cccc(F)c4)c3)CC2)C1. The molecule has 0 aliphatic carbocycles. The van der Waals surface area contributed by atoms with Gasteiger partial charge in [0, 0.05) is 37.2 Å². The van der Waals surface area contributed by atoms with E-state index in [1.54, 1.807) is 13.2 Å². The molecule has 40 heavy (non-hydrogen) atoms. The van der Waals surface area contributed by atoms with E-state index < -0.39 is 11.5 Å². The molecule has 0 radical (unpaired) electrons. The highest BCUT2D eigenvalue weighted by Crippen LogP contribution is 2.41. The van der Waals surface area contributed by atoms with Crippen LogP contribution in [0.25, 0.3) is 0 Å². The second-order valence-electron chi connectivity index (χ2n) is 11.3. The van der Waals surface area contributed by atoms with Crippen LogP contribution in [0, 0.1) is 25.1 Å². The Morgan fingerprint density at radius 1 is 0.925 bits per heavy atom. The maximum absolute atomic E-state index is 13.6. The fraction of sp³-hybridized carbons (Fsp3) is 0.394. The number of halogens is 1. The van der Waals surface area contributed by atoms with E-state index in [1.807, 2.05) is 66.1 Å². The largest absolute Gasteiger partial charge is 0.496 e. The lowest BCUT2D eigenvalue weighted by Gasteiger charge is -2.50. The number of hydrogen-bond acceptors (Lipinski definition) is 4. The molecule has 7 heteroatoms. The molecular formula is C33H37FN2O4. The lowest BCUT2D eigenvalue weighted by atomic mass is 9.70. The van der Waals surface area contributed by atoms with Crippen LogP contribution in [0.3, 0.4) is 0 Å². The van der Waals surface area contributed by atoms with Crippen molar-refractivity contribution in [2.75, 3.05) is 33.3 Å². The highest BCUT2D eigenvalue weighted by atomic mass is 19.1.